The highest BCUT2D eigenvalue weighted by Crippen LogP contribution is 2.30. The number of hydrogen-bond acceptors (Lipinski definition) is 8. The van der Waals surface area contributed by atoms with Crippen LogP contribution in [0.15, 0.2) is 24.5 Å². The van der Waals surface area contributed by atoms with Crippen molar-refractivity contribution < 1.29 is 19.4 Å². The summed E-state index contributed by atoms with van der Waals surface area (Å²) < 4.78 is 7.54. The molecule has 0 spiro atoms. The number of likely N-dealkylation sites (N-methyl/N-ethyl adjacent to an activating group) is 1. The Bertz CT molecular complexity index is 903. The zero-order valence-corrected chi connectivity index (χ0v) is 18.2. The van der Waals surface area contributed by atoms with Crippen molar-refractivity contribution >= 4 is 17.5 Å². The minimum absolute atomic E-state index is 0.0510. The number of rotatable bonds is 7. The number of hydrogen-bond donors (Lipinski definition) is 2. The molecule has 3 atom stereocenters. The van der Waals surface area contributed by atoms with Crippen molar-refractivity contribution in [1.29, 1.82) is 0 Å². The molecule has 3 rings (SSSR count). The maximum absolute atomic E-state index is 13.3. The van der Waals surface area contributed by atoms with E-state index in [1.807, 2.05) is 32.8 Å². The fourth-order valence-corrected chi connectivity index (χ4v) is 3.48. The second kappa shape index (κ2) is 9.84. The summed E-state index contributed by atoms with van der Waals surface area (Å²) in [6.07, 6.45) is 1.20. The number of tetrazole rings is 1. The zero-order chi connectivity index (χ0) is 22.5. The third-order valence-corrected chi connectivity index (χ3v) is 5.19. The van der Waals surface area contributed by atoms with Crippen LogP contribution >= 0.6 is 0 Å². The molecule has 1 aromatic carbocycles. The van der Waals surface area contributed by atoms with Crippen LogP contribution in [0, 0.1) is 5.92 Å². The molecule has 0 saturated heterocycles. The summed E-state index contributed by atoms with van der Waals surface area (Å²) in [5.41, 5.74) is 0.805. The van der Waals surface area contributed by atoms with Crippen molar-refractivity contribution in [2.24, 2.45) is 5.92 Å². The minimum Gasteiger partial charge on any atom is -0.488 e. The van der Waals surface area contributed by atoms with Gasteiger partial charge in [0.05, 0.1) is 18.2 Å². The van der Waals surface area contributed by atoms with Crippen molar-refractivity contribution in [2.45, 2.75) is 32.5 Å². The third-order valence-electron chi connectivity index (χ3n) is 5.19. The first kappa shape index (κ1) is 22.6. The van der Waals surface area contributed by atoms with E-state index in [0.717, 1.165) is 0 Å². The quantitative estimate of drug-likeness (QED) is 0.632. The molecule has 0 fully saturated rings. The molecule has 1 aliphatic heterocycles. The molecule has 0 bridgehead atoms. The van der Waals surface area contributed by atoms with E-state index in [1.165, 1.54) is 11.0 Å². The number of ether oxygens (including phenoxy) is 1. The Labute approximate surface area is 181 Å². The Balaban J connectivity index is 1.90. The van der Waals surface area contributed by atoms with Crippen LogP contribution in [0.5, 0.6) is 5.75 Å². The van der Waals surface area contributed by atoms with Gasteiger partial charge in [-0.2, -0.15) is 0 Å². The summed E-state index contributed by atoms with van der Waals surface area (Å²) in [5.74, 6) is -0.0596. The highest BCUT2D eigenvalue weighted by Gasteiger charge is 2.33. The topological polar surface area (TPSA) is 126 Å². The van der Waals surface area contributed by atoms with Crippen LogP contribution in [0.3, 0.4) is 0 Å². The van der Waals surface area contributed by atoms with E-state index in [4.69, 9.17) is 4.74 Å². The molecule has 2 heterocycles. The predicted octanol–water partition coefficient (Wildman–Crippen LogP) is 0.0935. The molecule has 0 saturated carbocycles. The monoisotopic (exact) mass is 431 g/mol. The minimum atomic E-state index is -0.348. The molecular formula is C20H29N7O4. The summed E-state index contributed by atoms with van der Waals surface area (Å²) >= 11 is 0. The normalized spacial score (nSPS) is 19.9. The van der Waals surface area contributed by atoms with Crippen LogP contribution < -0.4 is 10.1 Å². The average Bonchev–Trinajstić information content (AvgIpc) is 3.23. The molecule has 168 valence electrons. The van der Waals surface area contributed by atoms with E-state index in [2.05, 4.69) is 20.8 Å². The molecule has 1 aromatic heterocycles. The van der Waals surface area contributed by atoms with Gasteiger partial charge in [0.2, 0.25) is 5.91 Å². The van der Waals surface area contributed by atoms with Gasteiger partial charge in [-0.3, -0.25) is 9.59 Å². The summed E-state index contributed by atoms with van der Waals surface area (Å²) in [5, 5.41) is 23.1. The lowest BCUT2D eigenvalue weighted by molar-refractivity contribution is -0.116. The Morgan fingerprint density at radius 3 is 2.84 bits per heavy atom. The Morgan fingerprint density at radius 2 is 2.19 bits per heavy atom. The fourth-order valence-electron chi connectivity index (χ4n) is 3.48. The molecule has 11 nitrogen and oxygen atoms in total. The lowest BCUT2D eigenvalue weighted by Gasteiger charge is -2.37. The van der Waals surface area contributed by atoms with E-state index < -0.39 is 0 Å². The number of nitrogens with one attached hydrogen (secondary N) is 1. The Kier molecular flexibility index (Phi) is 7.18. The third kappa shape index (κ3) is 5.56. The Morgan fingerprint density at radius 1 is 1.42 bits per heavy atom. The summed E-state index contributed by atoms with van der Waals surface area (Å²) in [6, 6.07) is 4.65. The molecule has 2 N–H and O–H groups in total. The van der Waals surface area contributed by atoms with Gasteiger partial charge in [0, 0.05) is 24.7 Å². The van der Waals surface area contributed by atoms with Crippen LogP contribution in [0.1, 0.15) is 24.2 Å². The van der Waals surface area contributed by atoms with E-state index in [-0.39, 0.29) is 43.0 Å². The standard InChI is InChI=1S/C20H29N7O4/c1-13-8-27(14(2)11-28)20(30)16-7-15(22-19(29)10-26-12-21-23-24-26)5-6-17(16)31-18(13)9-25(3)4/h5-7,12-14,18,28H,8-11H2,1-4H3,(H,22,29)/t13-,14+,18-/m0/s1. The number of anilines is 1. The van der Waals surface area contributed by atoms with Crippen molar-refractivity contribution in [3.05, 3.63) is 30.1 Å². The molecule has 0 aliphatic carbocycles. The highest BCUT2D eigenvalue weighted by molar-refractivity contribution is 5.99. The molecule has 2 amide bonds. The number of carbonyl (C=O) groups excluding carboxylic acids is 2. The number of aromatic nitrogens is 4. The van der Waals surface area contributed by atoms with Gasteiger partial charge in [-0.15, -0.1) is 5.10 Å². The summed E-state index contributed by atoms with van der Waals surface area (Å²) in [4.78, 5) is 29.3. The number of fused-ring (bicyclic) bond motifs is 1. The van der Waals surface area contributed by atoms with Crippen LogP contribution in [-0.4, -0.2) is 92.9 Å². The maximum atomic E-state index is 13.3. The SMILES string of the molecule is C[C@H](CO)N1C[C@H](C)[C@H](CN(C)C)Oc2ccc(NC(=O)Cn3cnnn3)cc2C1=O. The van der Waals surface area contributed by atoms with E-state index in [0.29, 0.717) is 30.1 Å². The number of aliphatic hydroxyl groups is 1. The second-order valence-corrected chi connectivity index (χ2v) is 8.15. The first-order valence-corrected chi connectivity index (χ1v) is 10.2. The number of aliphatic hydroxyl groups excluding tert-OH is 1. The smallest absolute Gasteiger partial charge is 0.258 e. The largest absolute Gasteiger partial charge is 0.488 e. The molecule has 31 heavy (non-hydrogen) atoms. The van der Waals surface area contributed by atoms with Crippen molar-refractivity contribution in [3.63, 3.8) is 0 Å². The molecule has 0 radical (unpaired) electrons. The van der Waals surface area contributed by atoms with Gasteiger partial charge in [-0.1, -0.05) is 6.92 Å². The molecular weight excluding hydrogens is 402 g/mol. The van der Waals surface area contributed by atoms with Gasteiger partial charge in [0.15, 0.2) is 0 Å². The van der Waals surface area contributed by atoms with Crippen LogP contribution in [0.4, 0.5) is 5.69 Å². The Hall–Kier alpha value is -3.05. The first-order chi connectivity index (χ1) is 14.8. The first-order valence-electron chi connectivity index (χ1n) is 10.2. The van der Waals surface area contributed by atoms with Gasteiger partial charge < -0.3 is 25.0 Å². The number of benzene rings is 1. The van der Waals surface area contributed by atoms with E-state index >= 15 is 0 Å². The summed E-state index contributed by atoms with van der Waals surface area (Å²) in [6.45, 7) is 4.79. The molecule has 11 heteroatoms. The van der Waals surface area contributed by atoms with Crippen LogP contribution in [0.25, 0.3) is 0 Å². The summed E-state index contributed by atoms with van der Waals surface area (Å²) in [7, 11) is 3.94. The maximum Gasteiger partial charge on any atom is 0.258 e. The zero-order valence-electron chi connectivity index (χ0n) is 18.2. The average molecular weight is 431 g/mol. The number of carbonyl (C=O) groups is 2. The number of amides is 2. The predicted molar refractivity (Wildman–Crippen MR) is 113 cm³/mol. The van der Waals surface area contributed by atoms with Gasteiger partial charge >= 0.3 is 0 Å². The highest BCUT2D eigenvalue weighted by atomic mass is 16.5. The van der Waals surface area contributed by atoms with Gasteiger partial charge in [0.1, 0.15) is 24.7 Å². The van der Waals surface area contributed by atoms with E-state index in [1.54, 1.807) is 23.1 Å². The lowest BCUT2D eigenvalue weighted by atomic mass is 9.99. The molecule has 2 aromatic rings. The van der Waals surface area contributed by atoms with Gasteiger partial charge in [0.25, 0.3) is 5.91 Å². The van der Waals surface area contributed by atoms with Crippen LogP contribution in [0.2, 0.25) is 0 Å². The van der Waals surface area contributed by atoms with Crippen molar-refractivity contribution in [3.8, 4) is 5.75 Å². The fraction of sp³-hybridized carbons (Fsp3) is 0.550. The van der Waals surface area contributed by atoms with E-state index in [9.17, 15) is 14.7 Å². The molecule has 0 unspecified atom stereocenters. The van der Waals surface area contributed by atoms with Crippen LogP contribution in [-0.2, 0) is 11.3 Å². The molecule has 1 aliphatic rings. The van der Waals surface area contributed by atoms with Crippen molar-refractivity contribution in [1.82, 2.24) is 30.0 Å². The van der Waals surface area contributed by atoms with Crippen molar-refractivity contribution in [2.75, 3.05) is 39.1 Å². The van der Waals surface area contributed by atoms with Gasteiger partial charge in [-0.25, -0.2) is 4.68 Å². The lowest BCUT2D eigenvalue weighted by Crippen LogP contribution is -2.49. The second-order valence-electron chi connectivity index (χ2n) is 8.15. The van der Waals surface area contributed by atoms with Gasteiger partial charge in [-0.05, 0) is 49.6 Å². The number of nitrogens with zero attached hydrogens (tertiary/aromatic N) is 6.